The highest BCUT2D eigenvalue weighted by atomic mass is 35.5. The second-order valence-electron chi connectivity index (χ2n) is 2.81. The van der Waals surface area contributed by atoms with Gasteiger partial charge in [-0.25, -0.2) is 0 Å². The molecule has 0 spiro atoms. The summed E-state index contributed by atoms with van der Waals surface area (Å²) in [4.78, 5) is 4.11. The molecule has 0 aliphatic heterocycles. The molecule has 0 heterocycles. The number of methoxy groups -OCH3 is 1. The maximum atomic E-state index is 5.43. The Morgan fingerprint density at radius 3 is 2.79 bits per heavy atom. The van der Waals surface area contributed by atoms with Crippen LogP contribution in [0.4, 0.5) is 0 Å². The summed E-state index contributed by atoms with van der Waals surface area (Å²) in [5, 5.41) is 0. The Bertz CT molecular complexity index is 309. The van der Waals surface area contributed by atoms with E-state index in [4.69, 9.17) is 10.5 Å². The van der Waals surface area contributed by atoms with Gasteiger partial charge in [-0.15, -0.1) is 12.4 Å². The molecule has 2 N–H and O–H groups in total. The summed E-state index contributed by atoms with van der Waals surface area (Å²) in [5.74, 6) is 1.45. The first-order valence-electron chi connectivity index (χ1n) is 4.12. The molecule has 0 fully saturated rings. The average Bonchev–Trinajstić information content (AvgIpc) is 2.15. The van der Waals surface area contributed by atoms with Gasteiger partial charge < -0.3 is 10.5 Å². The van der Waals surface area contributed by atoms with Crippen LogP contribution in [-0.2, 0) is 6.54 Å². The van der Waals surface area contributed by atoms with Gasteiger partial charge in [0.2, 0.25) is 0 Å². The van der Waals surface area contributed by atoms with E-state index in [2.05, 4.69) is 4.99 Å². The van der Waals surface area contributed by atoms with Crippen LogP contribution < -0.4 is 10.5 Å². The summed E-state index contributed by atoms with van der Waals surface area (Å²) >= 11 is 0. The second-order valence-corrected chi connectivity index (χ2v) is 2.81. The molecule has 14 heavy (non-hydrogen) atoms. The van der Waals surface area contributed by atoms with Gasteiger partial charge in [0.25, 0.3) is 0 Å². The van der Waals surface area contributed by atoms with Crippen LogP contribution in [-0.4, -0.2) is 12.9 Å². The van der Waals surface area contributed by atoms with Gasteiger partial charge >= 0.3 is 0 Å². The minimum atomic E-state index is 0. The van der Waals surface area contributed by atoms with Crippen molar-refractivity contribution in [3.63, 3.8) is 0 Å². The third-order valence-corrected chi connectivity index (χ3v) is 1.65. The maximum Gasteiger partial charge on any atom is 0.119 e. The molecule has 0 aromatic heterocycles. The van der Waals surface area contributed by atoms with Gasteiger partial charge in [-0.3, -0.25) is 4.99 Å². The molecule has 4 heteroatoms. The standard InChI is InChI=1S/C10H14N2O.ClH/c1-8(11)12-7-9-4-3-5-10(6-9)13-2;/h3-6H,7H2,1-2H3,(H2,11,12);1H. The van der Waals surface area contributed by atoms with Crippen molar-refractivity contribution in [1.82, 2.24) is 0 Å². The fourth-order valence-corrected chi connectivity index (χ4v) is 0.987. The number of nitrogens with zero attached hydrogens (tertiary/aromatic N) is 1. The van der Waals surface area contributed by atoms with E-state index >= 15 is 0 Å². The van der Waals surface area contributed by atoms with Gasteiger partial charge in [-0.1, -0.05) is 12.1 Å². The monoisotopic (exact) mass is 214 g/mol. The molecular weight excluding hydrogens is 200 g/mol. The number of amidine groups is 1. The molecule has 0 amide bonds. The Balaban J connectivity index is 0.00000169. The molecule has 0 bridgehead atoms. The van der Waals surface area contributed by atoms with Crippen LogP contribution >= 0.6 is 12.4 Å². The van der Waals surface area contributed by atoms with Crippen molar-refractivity contribution in [3.05, 3.63) is 29.8 Å². The van der Waals surface area contributed by atoms with Gasteiger partial charge in [0.05, 0.1) is 19.5 Å². The smallest absolute Gasteiger partial charge is 0.119 e. The van der Waals surface area contributed by atoms with Gasteiger partial charge in [0.15, 0.2) is 0 Å². The molecule has 0 saturated carbocycles. The molecule has 0 aliphatic rings. The molecule has 0 radical (unpaired) electrons. The minimum absolute atomic E-state index is 0. The van der Waals surface area contributed by atoms with E-state index in [0.717, 1.165) is 11.3 Å². The number of hydrogen-bond donors (Lipinski definition) is 1. The third-order valence-electron chi connectivity index (χ3n) is 1.65. The van der Waals surface area contributed by atoms with Crippen molar-refractivity contribution in [2.75, 3.05) is 7.11 Å². The van der Waals surface area contributed by atoms with E-state index in [0.29, 0.717) is 12.4 Å². The van der Waals surface area contributed by atoms with Crippen molar-refractivity contribution in [2.24, 2.45) is 10.7 Å². The summed E-state index contributed by atoms with van der Waals surface area (Å²) in [6, 6.07) is 7.79. The summed E-state index contributed by atoms with van der Waals surface area (Å²) in [5.41, 5.74) is 6.53. The van der Waals surface area contributed by atoms with E-state index < -0.39 is 0 Å². The molecule has 0 aliphatic carbocycles. The number of halogens is 1. The van der Waals surface area contributed by atoms with E-state index in [-0.39, 0.29) is 12.4 Å². The zero-order valence-electron chi connectivity index (χ0n) is 8.36. The highest BCUT2D eigenvalue weighted by Gasteiger charge is 1.93. The quantitative estimate of drug-likeness (QED) is 0.618. The van der Waals surface area contributed by atoms with E-state index in [9.17, 15) is 0 Å². The number of ether oxygens (including phenoxy) is 1. The summed E-state index contributed by atoms with van der Waals surface area (Å²) in [7, 11) is 1.65. The van der Waals surface area contributed by atoms with Crippen LogP contribution in [0.25, 0.3) is 0 Å². The van der Waals surface area contributed by atoms with Crippen molar-refractivity contribution in [1.29, 1.82) is 0 Å². The van der Waals surface area contributed by atoms with Gasteiger partial charge in [-0.2, -0.15) is 0 Å². The maximum absolute atomic E-state index is 5.43. The van der Waals surface area contributed by atoms with Crippen LogP contribution in [0.15, 0.2) is 29.3 Å². The minimum Gasteiger partial charge on any atom is -0.497 e. The Morgan fingerprint density at radius 1 is 1.50 bits per heavy atom. The first-order chi connectivity index (χ1) is 6.22. The number of benzene rings is 1. The zero-order valence-corrected chi connectivity index (χ0v) is 9.17. The van der Waals surface area contributed by atoms with Crippen molar-refractivity contribution in [2.45, 2.75) is 13.5 Å². The Hall–Kier alpha value is -1.22. The van der Waals surface area contributed by atoms with E-state index in [1.54, 1.807) is 14.0 Å². The lowest BCUT2D eigenvalue weighted by molar-refractivity contribution is 0.414. The van der Waals surface area contributed by atoms with Crippen LogP contribution in [0.1, 0.15) is 12.5 Å². The fraction of sp³-hybridized carbons (Fsp3) is 0.300. The van der Waals surface area contributed by atoms with Gasteiger partial charge in [0.1, 0.15) is 5.75 Å². The SMILES string of the molecule is COc1cccc(CN=C(C)N)c1.Cl. The van der Waals surface area contributed by atoms with Crippen molar-refractivity contribution >= 4 is 18.2 Å². The highest BCUT2D eigenvalue weighted by Crippen LogP contribution is 2.12. The number of aliphatic imine (C=N–C) groups is 1. The summed E-state index contributed by atoms with van der Waals surface area (Å²) in [6.45, 7) is 2.39. The predicted octanol–water partition coefficient (Wildman–Crippen LogP) is 1.99. The lowest BCUT2D eigenvalue weighted by Crippen LogP contribution is -2.05. The lowest BCUT2D eigenvalue weighted by Gasteiger charge is -2.01. The second kappa shape index (κ2) is 6.27. The highest BCUT2D eigenvalue weighted by molar-refractivity contribution is 5.85. The predicted molar refractivity (Wildman–Crippen MR) is 61.2 cm³/mol. The third kappa shape index (κ3) is 4.14. The van der Waals surface area contributed by atoms with Crippen molar-refractivity contribution < 1.29 is 4.74 Å². The fourth-order valence-electron chi connectivity index (χ4n) is 0.987. The number of hydrogen-bond acceptors (Lipinski definition) is 2. The molecular formula is C10H15ClN2O. The molecule has 0 unspecified atom stereocenters. The largest absolute Gasteiger partial charge is 0.497 e. The summed E-state index contributed by atoms with van der Waals surface area (Å²) < 4.78 is 5.08. The number of rotatable bonds is 3. The summed E-state index contributed by atoms with van der Waals surface area (Å²) in [6.07, 6.45) is 0. The molecule has 1 aromatic rings. The van der Waals surface area contributed by atoms with Crippen LogP contribution in [0.2, 0.25) is 0 Å². The topological polar surface area (TPSA) is 47.6 Å². The average molecular weight is 215 g/mol. The van der Waals surface area contributed by atoms with Gasteiger partial charge in [0, 0.05) is 0 Å². The van der Waals surface area contributed by atoms with Gasteiger partial charge in [-0.05, 0) is 24.6 Å². The van der Waals surface area contributed by atoms with E-state index in [1.165, 1.54) is 0 Å². The Labute approximate surface area is 90.4 Å². The molecule has 1 aromatic carbocycles. The van der Waals surface area contributed by atoms with Crippen LogP contribution in [0.5, 0.6) is 5.75 Å². The van der Waals surface area contributed by atoms with Crippen molar-refractivity contribution in [3.8, 4) is 5.75 Å². The number of nitrogens with two attached hydrogens (primary N) is 1. The molecule has 1 rings (SSSR count). The Kier molecular flexibility index (Phi) is 5.72. The first kappa shape index (κ1) is 12.8. The van der Waals surface area contributed by atoms with Crippen LogP contribution in [0, 0.1) is 0 Å². The molecule has 0 saturated heterocycles. The normalized spacial score (nSPS) is 10.6. The van der Waals surface area contributed by atoms with Crippen LogP contribution in [0.3, 0.4) is 0 Å². The Morgan fingerprint density at radius 2 is 2.21 bits per heavy atom. The van der Waals surface area contributed by atoms with E-state index in [1.807, 2.05) is 24.3 Å². The molecule has 0 atom stereocenters. The first-order valence-corrected chi connectivity index (χ1v) is 4.12. The zero-order chi connectivity index (χ0) is 9.68. The molecule has 78 valence electrons. The molecule has 3 nitrogen and oxygen atoms in total. The lowest BCUT2D eigenvalue weighted by atomic mass is 10.2.